The summed E-state index contributed by atoms with van der Waals surface area (Å²) in [6.07, 6.45) is 0.526. The smallest absolute Gasteiger partial charge is 0.164 e. The van der Waals surface area contributed by atoms with E-state index in [0.717, 1.165) is 16.7 Å². The van der Waals surface area contributed by atoms with E-state index in [-0.39, 0.29) is 18.2 Å². The first-order valence-corrected chi connectivity index (χ1v) is 9.52. The minimum atomic E-state index is -0.345. The first-order chi connectivity index (χ1) is 13.8. The molecule has 0 aliphatic rings. The summed E-state index contributed by atoms with van der Waals surface area (Å²) in [4.78, 5) is 15.1. The molecular weight excluding hydrogens is 344 g/mol. The van der Waals surface area contributed by atoms with Crippen LogP contribution < -0.4 is 0 Å². The highest BCUT2D eigenvalue weighted by molar-refractivity contribution is 5.86. The fourth-order valence-electron chi connectivity index (χ4n) is 3.39. The molecule has 3 rings (SSSR count). The first-order valence-electron chi connectivity index (χ1n) is 9.52. The summed E-state index contributed by atoms with van der Waals surface area (Å²) < 4.78 is 0. The zero-order chi connectivity index (χ0) is 19.6. The highest BCUT2D eigenvalue weighted by Crippen LogP contribution is 2.18. The van der Waals surface area contributed by atoms with Crippen LogP contribution in [0, 0.1) is 11.3 Å². The fraction of sp³-hybridized carbons (Fsp3) is 0.200. The van der Waals surface area contributed by atoms with Gasteiger partial charge in [-0.05, 0) is 23.1 Å². The van der Waals surface area contributed by atoms with Gasteiger partial charge in [-0.1, -0.05) is 91.0 Å². The van der Waals surface area contributed by atoms with Gasteiger partial charge in [-0.15, -0.1) is 0 Å². The van der Waals surface area contributed by atoms with Crippen molar-refractivity contribution < 1.29 is 4.79 Å². The van der Waals surface area contributed by atoms with Crippen LogP contribution in [0.2, 0.25) is 0 Å². The van der Waals surface area contributed by atoms with Crippen LogP contribution >= 0.6 is 0 Å². The number of ketones is 1. The summed E-state index contributed by atoms with van der Waals surface area (Å²) in [5.74, 6) is -0.0294. The molecule has 0 saturated carbocycles. The summed E-state index contributed by atoms with van der Waals surface area (Å²) >= 11 is 0. The summed E-state index contributed by atoms with van der Waals surface area (Å²) in [5.41, 5.74) is 3.41. The second-order valence-electron chi connectivity index (χ2n) is 6.88. The molecule has 0 heterocycles. The number of rotatable bonds is 9. The second-order valence-corrected chi connectivity index (χ2v) is 6.88. The Kier molecular flexibility index (Phi) is 7.12. The van der Waals surface area contributed by atoms with Crippen LogP contribution in [0.15, 0.2) is 91.0 Å². The minimum Gasteiger partial charge on any atom is -0.297 e. The van der Waals surface area contributed by atoms with Crippen LogP contribution in [-0.2, 0) is 24.3 Å². The van der Waals surface area contributed by atoms with E-state index >= 15 is 0 Å². The molecular formula is C25H24N2O. The van der Waals surface area contributed by atoms with E-state index in [1.165, 1.54) is 0 Å². The Morgan fingerprint density at radius 2 is 1.18 bits per heavy atom. The normalized spacial score (nSPS) is 11.7. The van der Waals surface area contributed by atoms with E-state index in [2.05, 4.69) is 29.2 Å². The summed E-state index contributed by atoms with van der Waals surface area (Å²) in [6, 6.07) is 32.1. The zero-order valence-electron chi connectivity index (χ0n) is 15.9. The average molecular weight is 368 g/mol. The van der Waals surface area contributed by atoms with Gasteiger partial charge in [0.05, 0.1) is 18.5 Å². The molecule has 0 amide bonds. The number of nitrogens with zero attached hydrogens (tertiary/aromatic N) is 2. The molecule has 1 atom stereocenters. The van der Waals surface area contributed by atoms with Gasteiger partial charge in [0.1, 0.15) is 0 Å². The molecule has 3 nitrogen and oxygen atoms in total. The van der Waals surface area contributed by atoms with Crippen molar-refractivity contribution in [1.82, 2.24) is 4.90 Å². The van der Waals surface area contributed by atoms with Crippen LogP contribution in [0.5, 0.6) is 0 Å². The van der Waals surface area contributed by atoms with Crippen LogP contribution in [0.25, 0.3) is 0 Å². The average Bonchev–Trinajstić information content (AvgIpc) is 2.74. The van der Waals surface area contributed by atoms with Crippen molar-refractivity contribution in [2.75, 3.05) is 0 Å². The van der Waals surface area contributed by atoms with Crippen LogP contribution in [-0.4, -0.2) is 16.7 Å². The number of nitriles is 1. The zero-order valence-corrected chi connectivity index (χ0v) is 15.9. The Labute approximate surface area is 166 Å². The van der Waals surface area contributed by atoms with Crippen LogP contribution in [0.4, 0.5) is 0 Å². The molecule has 0 fully saturated rings. The third-order valence-corrected chi connectivity index (χ3v) is 4.79. The predicted molar refractivity (Wildman–Crippen MR) is 111 cm³/mol. The molecule has 0 radical (unpaired) electrons. The van der Waals surface area contributed by atoms with Gasteiger partial charge >= 0.3 is 0 Å². The lowest BCUT2D eigenvalue weighted by atomic mass is 9.98. The van der Waals surface area contributed by atoms with E-state index in [4.69, 9.17) is 5.26 Å². The summed E-state index contributed by atoms with van der Waals surface area (Å²) in [7, 11) is 0. The van der Waals surface area contributed by atoms with Gasteiger partial charge in [0.15, 0.2) is 5.78 Å². The lowest BCUT2D eigenvalue weighted by Crippen LogP contribution is -2.42. The monoisotopic (exact) mass is 368 g/mol. The highest BCUT2D eigenvalue weighted by atomic mass is 16.1. The molecule has 0 saturated heterocycles. The van der Waals surface area contributed by atoms with Crippen molar-refractivity contribution >= 4 is 5.78 Å². The van der Waals surface area contributed by atoms with E-state index in [9.17, 15) is 4.79 Å². The Morgan fingerprint density at radius 3 is 1.61 bits per heavy atom. The third-order valence-electron chi connectivity index (χ3n) is 4.79. The van der Waals surface area contributed by atoms with Crippen molar-refractivity contribution in [3.8, 4) is 6.07 Å². The maximum atomic E-state index is 12.9. The van der Waals surface area contributed by atoms with Gasteiger partial charge in [0.25, 0.3) is 0 Å². The number of carbonyl (C=O) groups excluding carboxylic acids is 1. The quantitative estimate of drug-likeness (QED) is 0.546. The number of carbonyl (C=O) groups is 1. The number of Topliss-reactive ketones (excluding diaryl/α,β-unsaturated/α-hetero) is 1. The molecule has 3 aromatic rings. The van der Waals surface area contributed by atoms with E-state index in [1.807, 2.05) is 72.8 Å². The molecule has 140 valence electrons. The Balaban J connectivity index is 1.91. The molecule has 28 heavy (non-hydrogen) atoms. The van der Waals surface area contributed by atoms with Gasteiger partial charge in [-0.2, -0.15) is 5.26 Å². The molecule has 0 bridgehead atoms. The predicted octanol–water partition coefficient (Wildman–Crippen LogP) is 4.78. The topological polar surface area (TPSA) is 44.1 Å². The van der Waals surface area contributed by atoms with Crippen molar-refractivity contribution in [2.24, 2.45) is 0 Å². The molecule has 0 aromatic heterocycles. The molecule has 3 aromatic carbocycles. The molecule has 0 unspecified atom stereocenters. The van der Waals surface area contributed by atoms with Gasteiger partial charge in [0.2, 0.25) is 0 Å². The Bertz CT molecular complexity index is 860. The molecule has 0 aliphatic heterocycles. The van der Waals surface area contributed by atoms with E-state index in [0.29, 0.717) is 19.5 Å². The lowest BCUT2D eigenvalue weighted by molar-refractivity contribution is -0.123. The van der Waals surface area contributed by atoms with Gasteiger partial charge in [-0.25, -0.2) is 0 Å². The van der Waals surface area contributed by atoms with Crippen LogP contribution in [0.3, 0.4) is 0 Å². The molecule has 0 aliphatic carbocycles. The standard InChI is InChI=1S/C25H24N2O/c26-17-16-25(28)24(18-21-10-4-1-5-11-21)27(19-22-12-6-2-7-13-22)20-23-14-8-3-9-15-23/h1-15,24H,16,18-20H2/t24-/m1/s1. The maximum absolute atomic E-state index is 12.9. The largest absolute Gasteiger partial charge is 0.297 e. The molecule has 3 heteroatoms. The summed E-state index contributed by atoms with van der Waals surface area (Å²) in [5, 5.41) is 9.12. The van der Waals surface area contributed by atoms with Gasteiger partial charge < -0.3 is 0 Å². The van der Waals surface area contributed by atoms with Gasteiger partial charge in [-0.3, -0.25) is 9.69 Å². The van der Waals surface area contributed by atoms with Crippen molar-refractivity contribution in [3.63, 3.8) is 0 Å². The number of benzene rings is 3. The summed E-state index contributed by atoms with van der Waals surface area (Å²) in [6.45, 7) is 1.31. The van der Waals surface area contributed by atoms with Crippen LogP contribution in [0.1, 0.15) is 23.1 Å². The van der Waals surface area contributed by atoms with Crippen molar-refractivity contribution in [3.05, 3.63) is 108 Å². The van der Waals surface area contributed by atoms with Crippen molar-refractivity contribution in [2.45, 2.75) is 32.0 Å². The Hall–Kier alpha value is -3.22. The second kappa shape index (κ2) is 10.2. The van der Waals surface area contributed by atoms with E-state index in [1.54, 1.807) is 0 Å². The molecule has 0 spiro atoms. The number of hydrogen-bond acceptors (Lipinski definition) is 3. The van der Waals surface area contributed by atoms with Crippen molar-refractivity contribution in [1.29, 1.82) is 5.26 Å². The Morgan fingerprint density at radius 1 is 0.750 bits per heavy atom. The third kappa shape index (κ3) is 5.64. The first kappa shape index (κ1) is 19.5. The number of hydrogen-bond donors (Lipinski definition) is 0. The molecule has 0 N–H and O–H groups in total. The SMILES string of the molecule is N#CCC(=O)[C@@H](Cc1ccccc1)N(Cc1ccccc1)Cc1ccccc1. The highest BCUT2D eigenvalue weighted by Gasteiger charge is 2.26. The lowest BCUT2D eigenvalue weighted by Gasteiger charge is -2.31. The maximum Gasteiger partial charge on any atom is 0.164 e. The minimum absolute atomic E-state index is 0.0294. The van der Waals surface area contributed by atoms with Gasteiger partial charge in [0, 0.05) is 13.1 Å². The van der Waals surface area contributed by atoms with E-state index < -0.39 is 0 Å². The fourth-order valence-corrected chi connectivity index (χ4v) is 3.39.